The van der Waals surface area contributed by atoms with E-state index in [1.165, 1.54) is 0 Å². The van der Waals surface area contributed by atoms with Crippen molar-refractivity contribution >= 4 is 55.9 Å². The van der Waals surface area contributed by atoms with Crippen molar-refractivity contribution in [3.05, 3.63) is 93.1 Å². The van der Waals surface area contributed by atoms with Gasteiger partial charge < -0.3 is 14.5 Å². The molecule has 0 unspecified atom stereocenters. The zero-order valence-electron chi connectivity index (χ0n) is 15.7. The lowest BCUT2D eigenvalue weighted by atomic mass is 10.1. The number of fused-ring (bicyclic) bond motifs is 1. The molecule has 150 valence electrons. The minimum absolute atomic E-state index is 0.0358. The molecular formula is C23H15BrClNO4. The molecule has 0 radical (unpaired) electrons. The van der Waals surface area contributed by atoms with E-state index >= 15 is 0 Å². The zero-order chi connectivity index (χ0) is 21.3. The molecule has 0 aliphatic heterocycles. The summed E-state index contributed by atoms with van der Waals surface area (Å²) < 4.78 is 11.7. The third-order valence-corrected chi connectivity index (χ3v) is 5.52. The number of methoxy groups -OCH3 is 1. The van der Waals surface area contributed by atoms with Crippen LogP contribution in [0.2, 0.25) is 5.02 Å². The van der Waals surface area contributed by atoms with Gasteiger partial charge >= 0.3 is 0 Å². The van der Waals surface area contributed by atoms with E-state index in [1.54, 1.807) is 73.8 Å². The monoisotopic (exact) mass is 483 g/mol. The molecule has 1 N–H and O–H groups in total. The van der Waals surface area contributed by atoms with Gasteiger partial charge in [-0.2, -0.15) is 0 Å². The van der Waals surface area contributed by atoms with Gasteiger partial charge in [0.25, 0.3) is 5.91 Å². The summed E-state index contributed by atoms with van der Waals surface area (Å²) in [7, 11) is 1.54. The molecule has 7 heteroatoms. The molecule has 1 heterocycles. The summed E-state index contributed by atoms with van der Waals surface area (Å²) in [6.45, 7) is 0. The van der Waals surface area contributed by atoms with Crippen molar-refractivity contribution in [1.82, 2.24) is 0 Å². The number of hydrogen-bond donors (Lipinski definition) is 1. The number of nitrogens with one attached hydrogen (secondary N) is 1. The Bertz CT molecular complexity index is 1280. The van der Waals surface area contributed by atoms with Crippen molar-refractivity contribution in [1.29, 1.82) is 0 Å². The summed E-state index contributed by atoms with van der Waals surface area (Å²) in [5.74, 6) is -0.168. The van der Waals surface area contributed by atoms with E-state index in [1.807, 2.05) is 0 Å². The van der Waals surface area contributed by atoms with Gasteiger partial charge in [0.05, 0.1) is 27.9 Å². The van der Waals surface area contributed by atoms with Crippen molar-refractivity contribution < 1.29 is 18.7 Å². The Labute approximate surface area is 185 Å². The normalized spacial score (nSPS) is 10.8. The molecule has 0 atom stereocenters. The molecule has 0 saturated carbocycles. The number of benzene rings is 3. The second kappa shape index (κ2) is 8.34. The average molecular weight is 485 g/mol. The number of amides is 1. The van der Waals surface area contributed by atoms with E-state index in [0.717, 1.165) is 0 Å². The highest BCUT2D eigenvalue weighted by atomic mass is 79.9. The van der Waals surface area contributed by atoms with Crippen LogP contribution in [-0.4, -0.2) is 18.8 Å². The minimum Gasteiger partial charge on any atom is -0.496 e. The van der Waals surface area contributed by atoms with Crippen molar-refractivity contribution in [2.24, 2.45) is 0 Å². The second-order valence-corrected chi connectivity index (χ2v) is 7.68. The molecule has 30 heavy (non-hydrogen) atoms. The number of furan rings is 1. The molecule has 5 nitrogen and oxygen atoms in total. The number of ether oxygens (including phenoxy) is 1. The van der Waals surface area contributed by atoms with Crippen LogP contribution in [-0.2, 0) is 0 Å². The third kappa shape index (κ3) is 3.72. The van der Waals surface area contributed by atoms with Crippen LogP contribution >= 0.6 is 27.5 Å². The maximum Gasteiger partial charge on any atom is 0.257 e. The fourth-order valence-corrected chi connectivity index (χ4v) is 3.86. The molecular weight excluding hydrogens is 470 g/mol. The Morgan fingerprint density at radius 3 is 2.50 bits per heavy atom. The predicted octanol–water partition coefficient (Wildman–Crippen LogP) is 6.34. The van der Waals surface area contributed by atoms with Crippen LogP contribution in [0.5, 0.6) is 5.75 Å². The van der Waals surface area contributed by atoms with Crippen molar-refractivity contribution in [3.63, 3.8) is 0 Å². The number of para-hydroxylation sites is 1. The third-order valence-electron chi connectivity index (χ3n) is 4.57. The number of hydrogen-bond acceptors (Lipinski definition) is 4. The molecule has 0 aliphatic rings. The topological polar surface area (TPSA) is 68.5 Å². The quantitative estimate of drug-likeness (QED) is 0.336. The first-order valence-electron chi connectivity index (χ1n) is 8.95. The Kier molecular flexibility index (Phi) is 5.61. The van der Waals surface area contributed by atoms with Gasteiger partial charge in [0.2, 0.25) is 5.78 Å². The number of rotatable bonds is 5. The maximum atomic E-state index is 13.2. The maximum absolute atomic E-state index is 13.2. The molecule has 0 aliphatic carbocycles. The van der Waals surface area contributed by atoms with Gasteiger partial charge in [-0.3, -0.25) is 9.59 Å². The van der Waals surface area contributed by atoms with Crippen molar-refractivity contribution in [2.45, 2.75) is 0 Å². The van der Waals surface area contributed by atoms with Crippen LogP contribution in [0.1, 0.15) is 26.5 Å². The predicted molar refractivity (Wildman–Crippen MR) is 120 cm³/mol. The Hall–Kier alpha value is -3.09. The molecule has 3 aromatic carbocycles. The minimum atomic E-state index is -0.433. The smallest absolute Gasteiger partial charge is 0.257 e. The Balaban J connectivity index is 1.79. The molecule has 0 bridgehead atoms. The summed E-state index contributed by atoms with van der Waals surface area (Å²) in [5.41, 5.74) is 1.47. The Morgan fingerprint density at radius 2 is 1.77 bits per heavy atom. The molecule has 4 aromatic rings. The van der Waals surface area contributed by atoms with Gasteiger partial charge in [-0.05, 0) is 58.4 Å². The van der Waals surface area contributed by atoms with Gasteiger partial charge in [-0.25, -0.2) is 0 Å². The Morgan fingerprint density at radius 1 is 1.03 bits per heavy atom. The lowest BCUT2D eigenvalue weighted by Gasteiger charge is -2.08. The molecule has 0 saturated heterocycles. The second-order valence-electron chi connectivity index (χ2n) is 6.41. The summed E-state index contributed by atoms with van der Waals surface area (Å²) in [6, 6.07) is 18.8. The average Bonchev–Trinajstić information content (AvgIpc) is 3.11. The SMILES string of the molecule is COc1ccc(C(=O)c2oc3ccccc3c2NC(=O)c2ccccc2Cl)cc1Br. The first-order chi connectivity index (χ1) is 14.5. The summed E-state index contributed by atoms with van der Waals surface area (Å²) in [6.07, 6.45) is 0. The van der Waals surface area contributed by atoms with Gasteiger partial charge in [0.1, 0.15) is 11.3 Å². The zero-order valence-corrected chi connectivity index (χ0v) is 18.1. The van der Waals surface area contributed by atoms with E-state index in [0.29, 0.717) is 43.0 Å². The van der Waals surface area contributed by atoms with E-state index in [2.05, 4.69) is 21.2 Å². The fraction of sp³-hybridized carbons (Fsp3) is 0.0435. The highest BCUT2D eigenvalue weighted by Gasteiger charge is 2.24. The fourth-order valence-electron chi connectivity index (χ4n) is 3.09. The first-order valence-corrected chi connectivity index (χ1v) is 10.1. The summed E-state index contributed by atoms with van der Waals surface area (Å²) >= 11 is 9.54. The highest BCUT2D eigenvalue weighted by molar-refractivity contribution is 9.10. The van der Waals surface area contributed by atoms with Crippen LogP contribution in [0.25, 0.3) is 11.0 Å². The number of anilines is 1. The standard InChI is InChI=1S/C23H15BrClNO4/c1-29-19-11-10-13(12-16(19)24)21(27)22-20(15-7-3-5-9-18(15)30-22)26-23(28)14-6-2-4-8-17(14)25/h2-12H,1H3,(H,26,28). The highest BCUT2D eigenvalue weighted by Crippen LogP contribution is 2.34. The van der Waals surface area contributed by atoms with Crippen molar-refractivity contribution in [3.8, 4) is 5.75 Å². The number of ketones is 1. The molecule has 4 rings (SSSR count). The summed E-state index contributed by atoms with van der Waals surface area (Å²) in [5, 5.41) is 3.74. The molecule has 0 spiro atoms. The lowest BCUT2D eigenvalue weighted by molar-refractivity contribution is 0.101. The van der Waals surface area contributed by atoms with Crippen molar-refractivity contribution in [2.75, 3.05) is 12.4 Å². The van der Waals surface area contributed by atoms with Gasteiger partial charge in [0.15, 0.2) is 5.76 Å². The van der Waals surface area contributed by atoms with E-state index in [-0.39, 0.29) is 11.5 Å². The van der Waals surface area contributed by atoms with Crippen LogP contribution in [0, 0.1) is 0 Å². The largest absolute Gasteiger partial charge is 0.496 e. The number of halogens is 2. The van der Waals surface area contributed by atoms with Crippen LogP contribution in [0.4, 0.5) is 5.69 Å². The van der Waals surface area contributed by atoms with Crippen LogP contribution in [0.15, 0.2) is 75.6 Å². The summed E-state index contributed by atoms with van der Waals surface area (Å²) in [4.78, 5) is 26.1. The molecule has 1 aromatic heterocycles. The van der Waals surface area contributed by atoms with Gasteiger partial charge in [-0.15, -0.1) is 0 Å². The van der Waals surface area contributed by atoms with E-state index < -0.39 is 5.91 Å². The van der Waals surface area contributed by atoms with E-state index in [9.17, 15) is 9.59 Å². The number of carbonyl (C=O) groups is 2. The van der Waals surface area contributed by atoms with Gasteiger partial charge in [0, 0.05) is 10.9 Å². The number of carbonyl (C=O) groups excluding carboxylic acids is 2. The van der Waals surface area contributed by atoms with E-state index in [4.69, 9.17) is 20.8 Å². The van der Waals surface area contributed by atoms with Gasteiger partial charge in [-0.1, -0.05) is 35.9 Å². The van der Waals surface area contributed by atoms with Crippen LogP contribution < -0.4 is 10.1 Å². The molecule has 1 amide bonds. The molecule has 0 fully saturated rings. The lowest BCUT2D eigenvalue weighted by Crippen LogP contribution is -2.14. The van der Waals surface area contributed by atoms with Crippen LogP contribution in [0.3, 0.4) is 0 Å². The first kappa shape index (κ1) is 20.2.